The lowest BCUT2D eigenvalue weighted by atomic mass is 9.92. The van der Waals surface area contributed by atoms with Crippen LogP contribution in [0.25, 0.3) is 10.9 Å². The minimum atomic E-state index is -0.294. The van der Waals surface area contributed by atoms with Gasteiger partial charge in [-0.05, 0) is 55.8 Å². The lowest BCUT2D eigenvalue weighted by Crippen LogP contribution is -2.37. The third-order valence-electron chi connectivity index (χ3n) is 6.07. The fourth-order valence-electron chi connectivity index (χ4n) is 4.39. The van der Waals surface area contributed by atoms with Gasteiger partial charge in [0, 0.05) is 36.3 Å². The molecule has 0 N–H and O–H groups in total. The van der Waals surface area contributed by atoms with Gasteiger partial charge in [-0.3, -0.25) is 0 Å². The van der Waals surface area contributed by atoms with E-state index >= 15 is 0 Å². The molecule has 1 aliphatic heterocycles. The van der Waals surface area contributed by atoms with Crippen molar-refractivity contribution in [2.24, 2.45) is 5.92 Å². The van der Waals surface area contributed by atoms with E-state index in [4.69, 9.17) is 14.0 Å². The predicted molar refractivity (Wildman–Crippen MR) is 120 cm³/mol. The molecule has 3 aromatic rings. The number of aldehydes is 1. The second kappa shape index (κ2) is 10.1. The number of methoxy groups -OCH3 is 1. The van der Waals surface area contributed by atoms with Gasteiger partial charge < -0.3 is 23.7 Å². The van der Waals surface area contributed by atoms with Gasteiger partial charge in [0.25, 0.3) is 0 Å². The van der Waals surface area contributed by atoms with Crippen LogP contribution in [0.2, 0.25) is 0 Å². The molecule has 0 saturated carbocycles. The molecule has 1 unspecified atom stereocenters. The number of nitrogens with zero attached hydrogens (tertiary/aromatic N) is 2. The molecule has 1 atom stereocenters. The van der Waals surface area contributed by atoms with Crippen molar-refractivity contribution in [1.29, 1.82) is 0 Å². The zero-order valence-electron chi connectivity index (χ0n) is 18.6. The van der Waals surface area contributed by atoms with Gasteiger partial charge >= 0.3 is 0 Å². The third kappa shape index (κ3) is 5.10. The van der Waals surface area contributed by atoms with Crippen molar-refractivity contribution in [3.63, 3.8) is 0 Å². The van der Waals surface area contributed by atoms with Crippen molar-refractivity contribution in [3.8, 4) is 11.5 Å². The zero-order valence-corrected chi connectivity index (χ0v) is 18.6. The average molecular weight is 441 g/mol. The van der Waals surface area contributed by atoms with Gasteiger partial charge in [0.1, 0.15) is 23.4 Å². The molecule has 0 aliphatic carbocycles. The Kier molecular flexibility index (Phi) is 7.05. The number of carbonyl (C=O) groups excluding carboxylic acids is 1. The Hall–Kier alpha value is -2.93. The minimum Gasteiger partial charge on any atom is -0.493 e. The number of hydrogen-bond acceptors (Lipinski definition) is 6. The van der Waals surface area contributed by atoms with E-state index in [0.29, 0.717) is 41.9 Å². The number of piperidine rings is 1. The summed E-state index contributed by atoms with van der Waals surface area (Å²) in [5, 5.41) is 4.95. The van der Waals surface area contributed by atoms with E-state index < -0.39 is 0 Å². The number of carbonyl (C=O) groups is 1. The SMILES string of the molecule is COc1cc(CC=O)ccc1OCC(C)CN1CCC(c2onc3cc(F)ccc23)CC1. The van der Waals surface area contributed by atoms with Crippen molar-refractivity contribution < 1.29 is 23.2 Å². The van der Waals surface area contributed by atoms with Crippen molar-refractivity contribution in [2.45, 2.75) is 32.1 Å². The van der Waals surface area contributed by atoms with Crippen molar-refractivity contribution in [1.82, 2.24) is 10.1 Å². The summed E-state index contributed by atoms with van der Waals surface area (Å²) in [6.45, 7) is 5.66. The fourth-order valence-corrected chi connectivity index (χ4v) is 4.39. The van der Waals surface area contributed by atoms with E-state index in [-0.39, 0.29) is 5.82 Å². The lowest BCUT2D eigenvalue weighted by molar-refractivity contribution is -0.107. The highest BCUT2D eigenvalue weighted by atomic mass is 19.1. The van der Waals surface area contributed by atoms with E-state index in [9.17, 15) is 9.18 Å². The van der Waals surface area contributed by atoms with Crippen LogP contribution in [-0.4, -0.2) is 49.7 Å². The van der Waals surface area contributed by atoms with Gasteiger partial charge in [0.05, 0.1) is 13.7 Å². The molecular weight excluding hydrogens is 411 g/mol. The van der Waals surface area contributed by atoms with Gasteiger partial charge in [0.15, 0.2) is 11.5 Å². The zero-order chi connectivity index (χ0) is 22.5. The Morgan fingerprint density at radius 1 is 1.22 bits per heavy atom. The number of fused-ring (bicyclic) bond motifs is 1. The molecule has 170 valence electrons. The fraction of sp³-hybridized carbons (Fsp3) is 0.440. The van der Waals surface area contributed by atoms with Crippen molar-refractivity contribution in [2.75, 3.05) is 33.4 Å². The average Bonchev–Trinajstić information content (AvgIpc) is 3.21. The van der Waals surface area contributed by atoms with Crippen LogP contribution in [0.3, 0.4) is 0 Å². The third-order valence-corrected chi connectivity index (χ3v) is 6.07. The molecule has 1 saturated heterocycles. The molecule has 0 spiro atoms. The maximum absolute atomic E-state index is 13.4. The highest BCUT2D eigenvalue weighted by Crippen LogP contribution is 2.34. The van der Waals surface area contributed by atoms with E-state index in [1.54, 1.807) is 13.2 Å². The molecule has 1 fully saturated rings. The van der Waals surface area contributed by atoms with Crippen molar-refractivity contribution >= 4 is 17.2 Å². The summed E-state index contributed by atoms with van der Waals surface area (Å²) < 4.78 is 30.4. The molecule has 0 amide bonds. The number of likely N-dealkylation sites (tertiary alicyclic amines) is 1. The highest BCUT2D eigenvalue weighted by Gasteiger charge is 2.26. The van der Waals surface area contributed by atoms with E-state index in [1.807, 2.05) is 18.2 Å². The normalized spacial score (nSPS) is 16.2. The molecule has 0 radical (unpaired) electrons. The van der Waals surface area contributed by atoms with E-state index in [1.165, 1.54) is 12.1 Å². The first-order chi connectivity index (χ1) is 15.6. The number of rotatable bonds is 9. The molecule has 32 heavy (non-hydrogen) atoms. The van der Waals surface area contributed by atoms with Crippen molar-refractivity contribution in [3.05, 3.63) is 53.5 Å². The van der Waals surface area contributed by atoms with E-state index in [2.05, 4.69) is 17.0 Å². The number of hydrogen-bond donors (Lipinski definition) is 0. The predicted octanol–water partition coefficient (Wildman–Crippen LogP) is 4.61. The van der Waals surface area contributed by atoms with Crippen LogP contribution in [0.1, 0.15) is 37.0 Å². The second-order valence-electron chi connectivity index (χ2n) is 8.56. The molecule has 0 bridgehead atoms. The Morgan fingerprint density at radius 3 is 2.78 bits per heavy atom. The number of ether oxygens (including phenoxy) is 2. The molecule has 2 heterocycles. The summed E-state index contributed by atoms with van der Waals surface area (Å²) in [5.41, 5.74) is 1.49. The Labute approximate surface area is 187 Å². The standard InChI is InChI=1S/C25H29FN2O4/c1-17(16-31-23-6-3-18(9-12-29)13-24(23)30-2)15-28-10-7-19(8-11-28)25-21-5-4-20(26)14-22(21)27-32-25/h3-6,12-14,17,19H,7-11,15-16H2,1-2H3. The second-order valence-corrected chi connectivity index (χ2v) is 8.56. The van der Waals surface area contributed by atoms with Crippen LogP contribution in [0.4, 0.5) is 4.39 Å². The Balaban J connectivity index is 1.27. The van der Waals surface area contributed by atoms with E-state index in [0.717, 1.165) is 55.5 Å². The highest BCUT2D eigenvalue weighted by molar-refractivity contribution is 5.80. The maximum atomic E-state index is 13.4. The molecular formula is C25H29FN2O4. The molecule has 1 aliphatic rings. The molecule has 7 heteroatoms. The first kappa shape index (κ1) is 22.3. The van der Waals surface area contributed by atoms with Crippen LogP contribution < -0.4 is 9.47 Å². The summed E-state index contributed by atoms with van der Waals surface area (Å²) in [6, 6.07) is 10.3. The quantitative estimate of drug-likeness (QED) is 0.453. The monoisotopic (exact) mass is 440 g/mol. The summed E-state index contributed by atoms with van der Waals surface area (Å²) in [7, 11) is 1.61. The number of benzene rings is 2. The van der Waals surface area contributed by atoms with Crippen LogP contribution in [-0.2, 0) is 11.2 Å². The summed E-state index contributed by atoms with van der Waals surface area (Å²) in [4.78, 5) is 13.2. The largest absolute Gasteiger partial charge is 0.493 e. The Morgan fingerprint density at radius 2 is 2.03 bits per heavy atom. The minimum absolute atomic E-state index is 0.294. The molecule has 1 aromatic heterocycles. The first-order valence-corrected chi connectivity index (χ1v) is 11.1. The van der Waals surface area contributed by atoms with Crippen LogP contribution in [0.5, 0.6) is 11.5 Å². The molecule has 6 nitrogen and oxygen atoms in total. The van der Waals surface area contributed by atoms with Gasteiger partial charge in [-0.2, -0.15) is 0 Å². The molecule has 4 rings (SSSR count). The smallest absolute Gasteiger partial charge is 0.161 e. The number of aromatic nitrogens is 1. The topological polar surface area (TPSA) is 64.8 Å². The summed E-state index contributed by atoms with van der Waals surface area (Å²) >= 11 is 0. The van der Waals surface area contributed by atoms with Crippen LogP contribution in [0.15, 0.2) is 40.9 Å². The van der Waals surface area contributed by atoms with Gasteiger partial charge in [-0.15, -0.1) is 0 Å². The van der Waals surface area contributed by atoms with Gasteiger partial charge in [0.2, 0.25) is 0 Å². The maximum Gasteiger partial charge on any atom is 0.161 e. The lowest BCUT2D eigenvalue weighted by Gasteiger charge is -2.32. The Bertz CT molecular complexity index is 1060. The van der Waals surface area contributed by atoms with Gasteiger partial charge in [-0.25, -0.2) is 4.39 Å². The summed E-state index contributed by atoms with van der Waals surface area (Å²) in [6.07, 6.45) is 3.22. The first-order valence-electron chi connectivity index (χ1n) is 11.1. The van der Waals surface area contributed by atoms with Crippen LogP contribution >= 0.6 is 0 Å². The summed E-state index contributed by atoms with van der Waals surface area (Å²) in [5.74, 6) is 2.58. The van der Waals surface area contributed by atoms with Gasteiger partial charge in [-0.1, -0.05) is 18.1 Å². The van der Waals surface area contributed by atoms with Crippen LogP contribution in [0, 0.1) is 11.7 Å². The molecule has 2 aromatic carbocycles. The number of halogens is 1.